The first-order chi connectivity index (χ1) is 24.6. The van der Waals surface area contributed by atoms with E-state index in [1.807, 2.05) is 0 Å². The molecule has 6 aromatic carbocycles. The van der Waals surface area contributed by atoms with Crippen molar-refractivity contribution in [3.8, 4) is 0 Å². The molecule has 2 nitrogen and oxygen atoms in total. The molecule has 51 heavy (non-hydrogen) atoms. The molecule has 1 aliphatic heterocycles. The molecule has 1 fully saturated rings. The standard InChI is InChI=1S/C49H52N2/c1-32-19-23-42(36(5)27-32)48(43-24-20-33(2)28-37(43)6)50-31-51(47(41-17-13-10-14-18-41)46(50)40-15-11-9-12-16-40)49(44-25-21-34(3)29-38(44)7)45-26-22-35(4)30-39(45)8/h9-30,46-49H,31H2,1-8H3/t46-,47-/m0/s1. The van der Waals surface area contributed by atoms with Crippen LogP contribution in [0.5, 0.6) is 0 Å². The number of rotatable bonds is 8. The van der Waals surface area contributed by atoms with Crippen LogP contribution >= 0.6 is 0 Å². The topological polar surface area (TPSA) is 6.48 Å². The summed E-state index contributed by atoms with van der Waals surface area (Å²) >= 11 is 0. The molecule has 2 atom stereocenters. The monoisotopic (exact) mass is 668 g/mol. The maximum atomic E-state index is 2.82. The van der Waals surface area contributed by atoms with E-state index in [1.165, 1.54) is 77.9 Å². The van der Waals surface area contributed by atoms with Crippen LogP contribution in [0, 0.1) is 55.4 Å². The fraction of sp³-hybridized carbons (Fsp3) is 0.265. The SMILES string of the molecule is Cc1ccc(C(c2ccc(C)cc2C)N2CN(C(c3ccc(C)cc3C)c3ccc(C)cc3C)[C@@H](c3ccccc3)[C@@H]2c2ccccc2)c(C)c1. The predicted molar refractivity (Wildman–Crippen MR) is 214 cm³/mol. The van der Waals surface area contributed by atoms with Gasteiger partial charge in [-0.25, -0.2) is 0 Å². The van der Waals surface area contributed by atoms with Gasteiger partial charge in [-0.05, 0) is 111 Å². The molecule has 0 spiro atoms. The van der Waals surface area contributed by atoms with Crippen molar-refractivity contribution >= 4 is 0 Å². The number of hydrogen-bond acceptors (Lipinski definition) is 2. The molecular weight excluding hydrogens is 617 g/mol. The molecule has 0 N–H and O–H groups in total. The molecular formula is C49H52N2. The molecule has 0 unspecified atom stereocenters. The molecule has 0 bridgehead atoms. The third kappa shape index (κ3) is 6.84. The highest BCUT2D eigenvalue weighted by molar-refractivity contribution is 5.47. The summed E-state index contributed by atoms with van der Waals surface area (Å²) in [6.45, 7) is 18.8. The largest absolute Gasteiger partial charge is 0.270 e. The zero-order valence-corrected chi connectivity index (χ0v) is 31.6. The minimum atomic E-state index is 0.0477. The molecule has 1 aliphatic rings. The molecule has 1 saturated heterocycles. The Labute approximate surface area is 306 Å². The van der Waals surface area contributed by atoms with Gasteiger partial charge in [-0.3, -0.25) is 9.80 Å². The fourth-order valence-electron chi connectivity index (χ4n) is 8.84. The molecule has 0 aromatic heterocycles. The van der Waals surface area contributed by atoms with E-state index in [0.29, 0.717) is 0 Å². The number of benzene rings is 6. The Morgan fingerprint density at radius 2 is 0.647 bits per heavy atom. The maximum Gasteiger partial charge on any atom is 0.0625 e. The lowest BCUT2D eigenvalue weighted by atomic mass is 9.85. The van der Waals surface area contributed by atoms with Gasteiger partial charge in [0.2, 0.25) is 0 Å². The van der Waals surface area contributed by atoms with Crippen molar-refractivity contribution in [2.24, 2.45) is 0 Å². The summed E-state index contributed by atoms with van der Waals surface area (Å²) < 4.78 is 0. The average Bonchev–Trinajstić information content (AvgIpc) is 3.49. The van der Waals surface area contributed by atoms with Gasteiger partial charge in [-0.2, -0.15) is 0 Å². The van der Waals surface area contributed by atoms with E-state index in [2.05, 4.69) is 199 Å². The molecule has 7 rings (SSSR count). The minimum Gasteiger partial charge on any atom is -0.270 e. The number of nitrogens with zero attached hydrogens (tertiary/aromatic N) is 2. The van der Waals surface area contributed by atoms with Crippen LogP contribution in [0.1, 0.15) is 102 Å². The zero-order chi connectivity index (χ0) is 35.8. The van der Waals surface area contributed by atoms with Crippen molar-refractivity contribution in [2.75, 3.05) is 6.67 Å². The van der Waals surface area contributed by atoms with Crippen LogP contribution in [0.4, 0.5) is 0 Å². The molecule has 0 amide bonds. The van der Waals surface area contributed by atoms with Crippen molar-refractivity contribution in [1.29, 1.82) is 0 Å². The van der Waals surface area contributed by atoms with Gasteiger partial charge in [0.15, 0.2) is 0 Å². The first-order valence-electron chi connectivity index (χ1n) is 18.5. The van der Waals surface area contributed by atoms with Gasteiger partial charge in [0.05, 0.1) is 30.8 Å². The lowest BCUT2D eigenvalue weighted by Crippen LogP contribution is -2.34. The Balaban J connectivity index is 1.54. The highest BCUT2D eigenvalue weighted by atomic mass is 15.4. The van der Waals surface area contributed by atoms with Crippen LogP contribution in [-0.2, 0) is 0 Å². The van der Waals surface area contributed by atoms with Crippen molar-refractivity contribution in [3.05, 3.63) is 211 Å². The van der Waals surface area contributed by atoms with Gasteiger partial charge in [0.1, 0.15) is 0 Å². The van der Waals surface area contributed by atoms with Crippen LogP contribution in [0.15, 0.2) is 133 Å². The van der Waals surface area contributed by atoms with Crippen LogP contribution in [-0.4, -0.2) is 16.5 Å². The highest BCUT2D eigenvalue weighted by Crippen LogP contribution is 2.54. The van der Waals surface area contributed by atoms with E-state index >= 15 is 0 Å². The van der Waals surface area contributed by atoms with E-state index < -0.39 is 0 Å². The quantitative estimate of drug-likeness (QED) is 0.159. The summed E-state index contributed by atoms with van der Waals surface area (Å²) in [5, 5.41) is 0. The van der Waals surface area contributed by atoms with Crippen LogP contribution < -0.4 is 0 Å². The van der Waals surface area contributed by atoms with E-state index in [1.54, 1.807) is 0 Å². The Morgan fingerprint density at radius 1 is 0.373 bits per heavy atom. The van der Waals surface area contributed by atoms with Gasteiger partial charge in [0.25, 0.3) is 0 Å². The normalized spacial score (nSPS) is 16.7. The summed E-state index contributed by atoms with van der Waals surface area (Å²) in [6.07, 6.45) is 0. The third-order valence-electron chi connectivity index (χ3n) is 11.2. The Morgan fingerprint density at radius 3 is 0.902 bits per heavy atom. The van der Waals surface area contributed by atoms with Crippen molar-refractivity contribution in [1.82, 2.24) is 9.80 Å². The second-order valence-corrected chi connectivity index (χ2v) is 15.1. The maximum absolute atomic E-state index is 2.82. The Kier molecular flexibility index (Phi) is 9.84. The summed E-state index contributed by atoms with van der Waals surface area (Å²) in [5.41, 5.74) is 18.7. The summed E-state index contributed by atoms with van der Waals surface area (Å²) in [5.74, 6) is 0. The number of hydrogen-bond donors (Lipinski definition) is 0. The van der Waals surface area contributed by atoms with Gasteiger partial charge < -0.3 is 0 Å². The molecule has 6 aromatic rings. The van der Waals surface area contributed by atoms with Crippen molar-refractivity contribution < 1.29 is 0 Å². The highest BCUT2D eigenvalue weighted by Gasteiger charge is 2.49. The van der Waals surface area contributed by atoms with Gasteiger partial charge >= 0.3 is 0 Å². The van der Waals surface area contributed by atoms with E-state index in [0.717, 1.165) is 6.67 Å². The van der Waals surface area contributed by atoms with Gasteiger partial charge in [0, 0.05) is 0 Å². The molecule has 1 heterocycles. The van der Waals surface area contributed by atoms with Crippen LogP contribution in [0.2, 0.25) is 0 Å². The van der Waals surface area contributed by atoms with E-state index in [-0.39, 0.29) is 24.2 Å². The lowest BCUT2D eigenvalue weighted by molar-refractivity contribution is 0.163. The Bertz CT molecular complexity index is 1890. The first-order valence-corrected chi connectivity index (χ1v) is 18.5. The molecule has 2 heteroatoms. The summed E-state index contributed by atoms with van der Waals surface area (Å²) in [7, 11) is 0. The predicted octanol–water partition coefficient (Wildman–Crippen LogP) is 12.1. The lowest BCUT2D eigenvalue weighted by Gasteiger charge is -2.37. The summed E-state index contributed by atoms with van der Waals surface area (Å²) in [4.78, 5) is 5.64. The fourth-order valence-corrected chi connectivity index (χ4v) is 8.84. The first kappa shape index (κ1) is 34.7. The molecule has 0 saturated carbocycles. The van der Waals surface area contributed by atoms with E-state index in [4.69, 9.17) is 0 Å². The molecule has 258 valence electrons. The van der Waals surface area contributed by atoms with Gasteiger partial charge in [-0.15, -0.1) is 0 Å². The minimum absolute atomic E-state index is 0.0477. The second kappa shape index (κ2) is 14.5. The molecule has 0 aliphatic carbocycles. The zero-order valence-electron chi connectivity index (χ0n) is 31.6. The van der Waals surface area contributed by atoms with Crippen molar-refractivity contribution in [2.45, 2.75) is 79.6 Å². The van der Waals surface area contributed by atoms with E-state index in [9.17, 15) is 0 Å². The second-order valence-electron chi connectivity index (χ2n) is 15.1. The smallest absolute Gasteiger partial charge is 0.0625 e. The molecule has 0 radical (unpaired) electrons. The van der Waals surface area contributed by atoms with Crippen LogP contribution in [0.3, 0.4) is 0 Å². The van der Waals surface area contributed by atoms with Crippen LogP contribution in [0.25, 0.3) is 0 Å². The van der Waals surface area contributed by atoms with Gasteiger partial charge in [-0.1, -0.05) is 156 Å². The average molecular weight is 669 g/mol. The third-order valence-corrected chi connectivity index (χ3v) is 11.2. The van der Waals surface area contributed by atoms with Crippen molar-refractivity contribution in [3.63, 3.8) is 0 Å². The Hall–Kier alpha value is -4.76. The number of aryl methyl sites for hydroxylation is 8. The summed E-state index contributed by atoms with van der Waals surface area (Å²) in [6, 6.07) is 51.0.